The number of rotatable bonds is 5. The third-order valence-corrected chi connectivity index (χ3v) is 4.07. The number of benzene rings is 2. The third kappa shape index (κ3) is 3.31. The van der Waals surface area contributed by atoms with Crippen LogP contribution in [0.4, 0.5) is 11.4 Å². The summed E-state index contributed by atoms with van der Waals surface area (Å²) in [6.45, 7) is 5.07. The highest BCUT2D eigenvalue weighted by atomic mass is 16.5. The molecule has 1 amide bonds. The van der Waals surface area contributed by atoms with Crippen LogP contribution in [0.1, 0.15) is 18.9 Å². The lowest BCUT2D eigenvalue weighted by atomic mass is 10.1. The second kappa shape index (κ2) is 6.73. The van der Waals surface area contributed by atoms with Crippen molar-refractivity contribution in [3.63, 3.8) is 0 Å². The number of para-hydroxylation sites is 2. The molecule has 1 aliphatic heterocycles. The zero-order chi connectivity index (χ0) is 16.2. The molecule has 0 aliphatic carbocycles. The van der Waals surface area contributed by atoms with Gasteiger partial charge in [-0.05, 0) is 43.2 Å². The molecule has 120 valence electrons. The van der Waals surface area contributed by atoms with Gasteiger partial charge < -0.3 is 15.0 Å². The van der Waals surface area contributed by atoms with Gasteiger partial charge in [0.2, 0.25) is 5.91 Å². The van der Waals surface area contributed by atoms with Crippen LogP contribution in [-0.2, 0) is 4.79 Å². The van der Waals surface area contributed by atoms with E-state index < -0.39 is 0 Å². The van der Waals surface area contributed by atoms with Gasteiger partial charge in [0.15, 0.2) is 0 Å². The molecule has 3 rings (SSSR count). The predicted octanol–water partition coefficient (Wildman–Crippen LogP) is 3.61. The van der Waals surface area contributed by atoms with Crippen LogP contribution in [0.5, 0.6) is 5.75 Å². The fourth-order valence-electron chi connectivity index (χ4n) is 2.85. The number of nitrogens with one attached hydrogen (secondary N) is 1. The van der Waals surface area contributed by atoms with Gasteiger partial charge in [-0.3, -0.25) is 4.79 Å². The number of hydrogen-bond acceptors (Lipinski definition) is 3. The highest BCUT2D eigenvalue weighted by molar-refractivity contribution is 6.04. The number of anilines is 2. The number of carbonyl (C=O) groups excluding carboxylic acids is 1. The third-order valence-electron chi connectivity index (χ3n) is 4.07. The Morgan fingerprint density at radius 1 is 1.17 bits per heavy atom. The minimum absolute atomic E-state index is 0.110. The summed E-state index contributed by atoms with van der Waals surface area (Å²) < 4.78 is 5.81. The first-order chi connectivity index (χ1) is 11.2. The molecule has 0 spiro atoms. The smallest absolute Gasteiger partial charge is 0.249 e. The highest BCUT2D eigenvalue weighted by Crippen LogP contribution is 2.31. The summed E-state index contributed by atoms with van der Waals surface area (Å²) in [7, 11) is 0. The largest absolute Gasteiger partial charge is 0.492 e. The average molecular weight is 310 g/mol. The summed E-state index contributed by atoms with van der Waals surface area (Å²) in [6.07, 6.45) is 0.766. The molecular formula is C19H22N2O2. The van der Waals surface area contributed by atoms with E-state index in [-0.39, 0.29) is 11.9 Å². The molecule has 1 unspecified atom stereocenters. The molecule has 0 fully saturated rings. The molecule has 1 N–H and O–H groups in total. The molecule has 2 aromatic carbocycles. The van der Waals surface area contributed by atoms with Crippen LogP contribution in [0.3, 0.4) is 0 Å². The standard InChI is InChI=1S/C19H22N2O2/c1-3-16-19(22)21(18-10-5-4-9-17(18)20-16)11-12-23-15-8-6-7-14(2)13-15/h4-10,13,16,20H,3,11-12H2,1-2H3. The lowest BCUT2D eigenvalue weighted by Crippen LogP contribution is -2.48. The molecule has 23 heavy (non-hydrogen) atoms. The number of nitrogens with zero attached hydrogens (tertiary/aromatic N) is 1. The summed E-state index contributed by atoms with van der Waals surface area (Å²) in [5, 5.41) is 3.31. The van der Waals surface area contributed by atoms with E-state index in [4.69, 9.17) is 4.74 Å². The predicted molar refractivity (Wildman–Crippen MR) is 93.2 cm³/mol. The first-order valence-electron chi connectivity index (χ1n) is 8.05. The maximum atomic E-state index is 12.6. The number of carbonyl (C=O) groups is 1. The first kappa shape index (κ1) is 15.4. The Balaban J connectivity index is 1.72. The Bertz CT molecular complexity index is 699. The lowest BCUT2D eigenvalue weighted by molar-refractivity contribution is -0.119. The minimum Gasteiger partial charge on any atom is -0.492 e. The summed E-state index contributed by atoms with van der Waals surface area (Å²) in [4.78, 5) is 14.5. The van der Waals surface area contributed by atoms with Crippen LogP contribution < -0.4 is 15.0 Å². The zero-order valence-corrected chi connectivity index (χ0v) is 13.6. The molecule has 0 saturated carbocycles. The van der Waals surface area contributed by atoms with Crippen LogP contribution >= 0.6 is 0 Å². The van der Waals surface area contributed by atoms with Crippen LogP contribution in [0.25, 0.3) is 0 Å². The Kier molecular flexibility index (Phi) is 4.51. The van der Waals surface area contributed by atoms with Crippen molar-refractivity contribution in [1.82, 2.24) is 0 Å². The molecule has 0 bridgehead atoms. The normalized spacial score (nSPS) is 16.7. The first-order valence-corrected chi connectivity index (χ1v) is 8.05. The van der Waals surface area contributed by atoms with E-state index in [1.807, 2.05) is 67.3 Å². The van der Waals surface area contributed by atoms with E-state index in [1.165, 1.54) is 0 Å². The fourth-order valence-corrected chi connectivity index (χ4v) is 2.85. The summed E-state index contributed by atoms with van der Waals surface area (Å²) >= 11 is 0. The van der Waals surface area contributed by atoms with Gasteiger partial charge in [-0.15, -0.1) is 0 Å². The van der Waals surface area contributed by atoms with Crippen LogP contribution in [-0.4, -0.2) is 25.1 Å². The van der Waals surface area contributed by atoms with Crippen molar-refractivity contribution in [2.75, 3.05) is 23.4 Å². The van der Waals surface area contributed by atoms with Crippen LogP contribution in [0, 0.1) is 6.92 Å². The highest BCUT2D eigenvalue weighted by Gasteiger charge is 2.30. The second-order valence-electron chi connectivity index (χ2n) is 5.78. The van der Waals surface area contributed by atoms with E-state index in [1.54, 1.807) is 0 Å². The monoisotopic (exact) mass is 310 g/mol. The quantitative estimate of drug-likeness (QED) is 0.917. The van der Waals surface area contributed by atoms with Crippen molar-refractivity contribution in [3.8, 4) is 5.75 Å². The molecule has 1 aliphatic rings. The molecular weight excluding hydrogens is 288 g/mol. The topological polar surface area (TPSA) is 41.6 Å². The van der Waals surface area contributed by atoms with Crippen molar-refractivity contribution < 1.29 is 9.53 Å². The molecule has 0 radical (unpaired) electrons. The van der Waals surface area contributed by atoms with Gasteiger partial charge in [-0.25, -0.2) is 0 Å². The van der Waals surface area contributed by atoms with Gasteiger partial charge in [0.1, 0.15) is 18.4 Å². The lowest BCUT2D eigenvalue weighted by Gasteiger charge is -2.35. The number of amides is 1. The fraction of sp³-hybridized carbons (Fsp3) is 0.316. The van der Waals surface area contributed by atoms with Gasteiger partial charge in [0, 0.05) is 0 Å². The molecule has 4 heteroatoms. The number of aryl methyl sites for hydroxylation is 1. The maximum absolute atomic E-state index is 12.6. The van der Waals surface area contributed by atoms with Gasteiger partial charge in [-0.1, -0.05) is 31.2 Å². The molecule has 2 aromatic rings. The number of hydrogen-bond donors (Lipinski definition) is 1. The van der Waals surface area contributed by atoms with Crippen molar-refractivity contribution in [2.45, 2.75) is 26.3 Å². The van der Waals surface area contributed by atoms with E-state index in [0.29, 0.717) is 13.2 Å². The Hall–Kier alpha value is -2.49. The SMILES string of the molecule is CCC1Nc2ccccc2N(CCOc2cccc(C)c2)C1=O. The minimum atomic E-state index is -0.163. The number of ether oxygens (including phenoxy) is 1. The summed E-state index contributed by atoms with van der Waals surface area (Å²) in [5.41, 5.74) is 3.10. The van der Waals surface area contributed by atoms with Gasteiger partial charge in [0.05, 0.1) is 17.9 Å². The zero-order valence-electron chi connectivity index (χ0n) is 13.6. The molecule has 0 saturated heterocycles. The Morgan fingerprint density at radius 2 is 2.00 bits per heavy atom. The molecule has 4 nitrogen and oxygen atoms in total. The van der Waals surface area contributed by atoms with Crippen LogP contribution in [0.15, 0.2) is 48.5 Å². The Morgan fingerprint density at radius 3 is 2.78 bits per heavy atom. The van der Waals surface area contributed by atoms with Crippen molar-refractivity contribution in [2.24, 2.45) is 0 Å². The Labute approximate surface area is 137 Å². The average Bonchev–Trinajstić information content (AvgIpc) is 2.56. The molecule has 1 heterocycles. The van der Waals surface area contributed by atoms with E-state index in [9.17, 15) is 4.79 Å². The second-order valence-corrected chi connectivity index (χ2v) is 5.78. The summed E-state index contributed by atoms with van der Waals surface area (Å²) in [5.74, 6) is 0.951. The van der Waals surface area contributed by atoms with E-state index in [0.717, 1.165) is 29.1 Å². The van der Waals surface area contributed by atoms with Gasteiger partial charge in [0.25, 0.3) is 0 Å². The summed E-state index contributed by atoms with van der Waals surface area (Å²) in [6, 6.07) is 15.7. The van der Waals surface area contributed by atoms with E-state index >= 15 is 0 Å². The maximum Gasteiger partial charge on any atom is 0.249 e. The van der Waals surface area contributed by atoms with Crippen LogP contribution in [0.2, 0.25) is 0 Å². The van der Waals surface area contributed by atoms with Gasteiger partial charge in [-0.2, -0.15) is 0 Å². The number of fused-ring (bicyclic) bond motifs is 1. The molecule has 1 atom stereocenters. The van der Waals surface area contributed by atoms with Crippen molar-refractivity contribution in [3.05, 3.63) is 54.1 Å². The van der Waals surface area contributed by atoms with Crippen molar-refractivity contribution >= 4 is 17.3 Å². The van der Waals surface area contributed by atoms with Gasteiger partial charge >= 0.3 is 0 Å². The van der Waals surface area contributed by atoms with Crippen molar-refractivity contribution in [1.29, 1.82) is 0 Å². The van der Waals surface area contributed by atoms with E-state index in [2.05, 4.69) is 5.32 Å². The molecule has 0 aromatic heterocycles.